The molecule has 0 aliphatic carbocycles. The van der Waals surface area contributed by atoms with Crippen LogP contribution >= 0.6 is 32.9 Å². The number of guanidine groups is 4. The Morgan fingerprint density at radius 1 is 0.489 bits per heavy atom. The zero-order chi connectivity index (χ0) is 103. The number of fused-ring (bicyclic) bond motifs is 2. The molecular formula is C87H135N29O20S3. The molecule has 0 radical (unpaired) electrons. The molecule has 2 aromatic carbocycles. The standard InChI is InChI=1S/C87H135N29O20S3/c1-8-46(6)68-81(134)109-60(38-50-40-137-43-101-50)75(128)106-58(36-48-21-25-51(118)26-22-48)74(127)110-61(39-66(120)121)82(135)115-33-14-20-65(115)79(132)113-67(45(4)5)80(133)111-62(77(130)105-55(17-11-31-99-86(93)94)71(124)103-53(69(88)122)15-9-29-97-84(89)90)41-138-139-42-63(112-72(125)56(18-12-32-100-87(95)96)104-70(123)54(102-47(7)117)16-10-30-98-85(91)92)83(136)116-34-13-19-64(116)78(131)108-57(35-44(2)3)73(126)107-59(76(129)114-68)37-49-23-27-52(119)28-24-49/h21-28,40,43-46,53-65,67-68,118-119H,8-20,29-39,41-42H2,1-7H3,(H2,88,122)(H,102,117)(H,103,124)(H,104,123)(H,105,130)(H,106,128)(H,107,126)(H,108,131)(H,109,134)(H,110,127)(H,111,133)(H,112,125)(H,113,132)(H,114,129)(H,120,121)(H4,89,90,97)(H4,91,92,98)(H4,93,94,99)(H4,95,96,100)/t46-,53-,54-,55-,56-,57-,58-,59-,60-,61-,62-,63-,64-,65-,67-,68-/m0/s1. The number of phenolic OH excluding ortho intramolecular Hbond substituents is 2. The number of carbonyl (C=O) groups is 17. The quantitative estimate of drug-likeness (QED) is 0.0110. The molecule has 6 rings (SSSR count). The van der Waals surface area contributed by atoms with Gasteiger partial charge in [0.15, 0.2) is 23.8 Å². The number of hydrogen-bond donors (Lipinski definition) is 29. The van der Waals surface area contributed by atoms with Crippen molar-refractivity contribution in [2.24, 2.45) is 46.4 Å². The lowest BCUT2D eigenvalue weighted by Gasteiger charge is -2.31. The lowest BCUT2D eigenvalue weighted by Crippen LogP contribution is -2.62. The molecule has 4 heterocycles. The molecule has 16 amide bonds. The maximum atomic E-state index is 15.9. The van der Waals surface area contributed by atoms with Crippen LogP contribution in [-0.4, -0.2) is 296 Å². The van der Waals surface area contributed by atoms with E-state index in [9.17, 15) is 39.3 Å². The van der Waals surface area contributed by atoms with Crippen LogP contribution in [0, 0.1) is 39.4 Å². The van der Waals surface area contributed by atoms with E-state index in [2.05, 4.69) is 95.4 Å². The number of nitrogens with zero attached hydrogens (tertiary/aromatic N) is 3. The van der Waals surface area contributed by atoms with Crippen LogP contribution in [0.5, 0.6) is 11.5 Å². The number of nitrogens with one attached hydrogen (secondary N) is 21. The molecule has 3 aromatic rings. The zero-order valence-corrected chi connectivity index (χ0v) is 81.2. The van der Waals surface area contributed by atoms with E-state index in [1.807, 2.05) is 0 Å². The third-order valence-electron chi connectivity index (χ3n) is 23.0. The van der Waals surface area contributed by atoms with Gasteiger partial charge in [-0.15, -0.1) is 11.3 Å². The predicted molar refractivity (Wildman–Crippen MR) is 516 cm³/mol. The average molecular weight is 2000 g/mol. The highest BCUT2D eigenvalue weighted by molar-refractivity contribution is 8.76. The minimum absolute atomic E-state index is 0.00136. The minimum Gasteiger partial charge on any atom is -0.508 e. The van der Waals surface area contributed by atoms with Crippen molar-refractivity contribution in [2.75, 3.05) is 50.8 Å². The second kappa shape index (κ2) is 57.6. The van der Waals surface area contributed by atoms with Gasteiger partial charge in [-0.25, -0.2) is 4.98 Å². The van der Waals surface area contributed by atoms with E-state index in [4.69, 9.17) is 50.3 Å². The first-order valence-electron chi connectivity index (χ1n) is 45.9. The Balaban J connectivity index is 1.56. The molecule has 16 atom stereocenters. The van der Waals surface area contributed by atoms with Crippen LogP contribution in [0.2, 0.25) is 0 Å². The van der Waals surface area contributed by atoms with E-state index in [1.54, 1.807) is 33.1 Å². The second-order valence-electron chi connectivity index (χ2n) is 34.9. The summed E-state index contributed by atoms with van der Waals surface area (Å²) >= 11 is 1.14. The number of aliphatic carboxylic acids is 1. The average Bonchev–Trinajstić information content (AvgIpc) is 1.76. The van der Waals surface area contributed by atoms with Crippen LogP contribution in [0.15, 0.2) is 59.4 Å². The van der Waals surface area contributed by atoms with Gasteiger partial charge >= 0.3 is 5.97 Å². The largest absolute Gasteiger partial charge is 0.508 e. The Morgan fingerprint density at radius 2 is 0.899 bits per heavy atom. The third-order valence-corrected chi connectivity index (χ3v) is 26.0. The van der Waals surface area contributed by atoms with Gasteiger partial charge in [0.1, 0.15) is 102 Å². The van der Waals surface area contributed by atoms with Gasteiger partial charge in [-0.2, -0.15) is 0 Å². The summed E-state index contributed by atoms with van der Waals surface area (Å²) in [4.78, 5) is 258. The van der Waals surface area contributed by atoms with Crippen molar-refractivity contribution in [1.82, 2.24) is 105 Å². The number of nitrogens with two attached hydrogens (primary N) is 5. The van der Waals surface area contributed by atoms with Crippen LogP contribution < -0.4 is 119 Å². The Kier molecular flexibility index (Phi) is 47.3. The molecule has 0 saturated carbocycles. The van der Waals surface area contributed by atoms with Crippen molar-refractivity contribution >= 4 is 157 Å². The van der Waals surface area contributed by atoms with Gasteiger partial charge in [0.25, 0.3) is 0 Å². The van der Waals surface area contributed by atoms with Crippen molar-refractivity contribution in [3.05, 3.63) is 76.2 Å². The molecule has 139 heavy (non-hydrogen) atoms. The molecule has 3 fully saturated rings. The summed E-state index contributed by atoms with van der Waals surface area (Å²) in [5.74, 6) is -22.4. The topological polar surface area (TPSA) is 800 Å². The van der Waals surface area contributed by atoms with Gasteiger partial charge < -0.3 is 144 Å². The van der Waals surface area contributed by atoms with Crippen LogP contribution in [0.25, 0.3) is 0 Å². The van der Waals surface area contributed by atoms with E-state index in [1.165, 1.54) is 67.9 Å². The summed E-state index contributed by atoms with van der Waals surface area (Å²) in [6, 6.07) is -13.0. The van der Waals surface area contributed by atoms with Crippen molar-refractivity contribution in [1.29, 1.82) is 21.6 Å². The predicted octanol–water partition coefficient (Wildman–Crippen LogP) is -4.96. The fourth-order valence-electron chi connectivity index (χ4n) is 15.5. The summed E-state index contributed by atoms with van der Waals surface area (Å²) < 4.78 is 0. The highest BCUT2D eigenvalue weighted by atomic mass is 33.1. The molecule has 49 nitrogen and oxygen atoms in total. The lowest BCUT2D eigenvalue weighted by atomic mass is 9.96. The third kappa shape index (κ3) is 39.1. The molecule has 3 aliphatic rings. The molecule has 3 saturated heterocycles. The number of thiazole rings is 1. The van der Waals surface area contributed by atoms with Crippen molar-refractivity contribution in [3.8, 4) is 11.5 Å². The summed E-state index contributed by atoms with van der Waals surface area (Å²) in [7, 11) is 1.61. The number of aromatic nitrogens is 1. The first kappa shape index (κ1) is 114. The van der Waals surface area contributed by atoms with Crippen molar-refractivity contribution in [3.63, 3.8) is 0 Å². The van der Waals surface area contributed by atoms with Crippen molar-refractivity contribution < 1.29 is 96.8 Å². The highest BCUT2D eigenvalue weighted by Crippen LogP contribution is 2.29. The Morgan fingerprint density at radius 3 is 1.35 bits per heavy atom. The van der Waals surface area contributed by atoms with Crippen LogP contribution in [0.1, 0.15) is 162 Å². The van der Waals surface area contributed by atoms with Gasteiger partial charge in [-0.3, -0.25) is 103 Å². The Labute approximate surface area is 816 Å². The van der Waals surface area contributed by atoms with Gasteiger partial charge in [0, 0.05) is 82.3 Å². The van der Waals surface area contributed by atoms with Gasteiger partial charge in [-0.05, 0) is 137 Å². The molecule has 0 bridgehead atoms. The number of carboxylic acid groups (broad SMARTS) is 1. The molecule has 3 aliphatic heterocycles. The number of hydrogen-bond acceptors (Lipinski definition) is 27. The van der Waals surface area contributed by atoms with Gasteiger partial charge in [0.05, 0.1) is 17.6 Å². The first-order valence-corrected chi connectivity index (χ1v) is 49.3. The molecule has 1 aromatic heterocycles. The minimum atomic E-state index is -2.00. The lowest BCUT2D eigenvalue weighted by molar-refractivity contribution is -0.146. The Bertz CT molecular complexity index is 4770. The smallest absolute Gasteiger partial charge is 0.305 e. The van der Waals surface area contributed by atoms with E-state index in [-0.39, 0.29) is 171 Å². The monoisotopic (exact) mass is 2000 g/mol. The summed E-state index contributed by atoms with van der Waals surface area (Å²) in [5, 5.41) is 109. The Hall–Kier alpha value is -13.6. The second-order valence-corrected chi connectivity index (χ2v) is 38.2. The van der Waals surface area contributed by atoms with E-state index in [0.717, 1.165) is 49.6 Å². The number of phenols is 2. The van der Waals surface area contributed by atoms with Gasteiger partial charge in [0.2, 0.25) is 94.5 Å². The number of carboxylic acids is 1. The molecule has 0 spiro atoms. The molecule has 766 valence electrons. The molecule has 34 N–H and O–H groups in total. The van der Waals surface area contributed by atoms with Crippen LogP contribution in [0.3, 0.4) is 0 Å². The number of aromatic hydroxyl groups is 2. The zero-order valence-electron chi connectivity index (χ0n) is 78.8. The molecule has 0 unspecified atom stereocenters. The number of primary amides is 1. The highest BCUT2D eigenvalue weighted by Gasteiger charge is 2.45. The SMILES string of the molecule is CC[C@H](C)[C@@H]1NC(=O)[C@H](Cc2ccc(O)cc2)NC(=O)[C@H](CC(C)C)NC(=O)[C@@H]2CCCN2C(=O)[C@@H](NC(=O)[C@H](CCCNC(=N)N)NC(=O)[C@H](CCCNC(=N)N)NC(C)=O)CSSC[C@@H](C(=O)N[C@@H](CCCNC(=N)N)C(=O)N[C@@H](CCCNC(=N)N)C(N)=O)NC(=O)[C@H](C(C)C)NC(=O)[C@@H]2CCCN2C(=O)[C@H](CC(=O)O)NC(=O)[C@H](Cc2ccc(O)cc2)NC(=O)[C@H](Cc2cscn2)NC1=O. The summed E-state index contributed by atoms with van der Waals surface area (Å²) in [6.07, 6.45) is -2.39. The van der Waals surface area contributed by atoms with E-state index < -0.39 is 245 Å². The van der Waals surface area contributed by atoms with E-state index in [0.29, 0.717) is 11.1 Å². The van der Waals surface area contributed by atoms with E-state index >= 15 is 57.5 Å². The maximum absolute atomic E-state index is 15.9. The normalized spacial score (nSPS) is 22.0. The number of rotatable bonds is 39. The fraction of sp³-hybridized carbons (Fsp3) is 0.586. The summed E-state index contributed by atoms with van der Waals surface area (Å²) in [6.45, 7) is 10.7. The number of amides is 16. The van der Waals surface area contributed by atoms with Crippen molar-refractivity contribution in [2.45, 2.75) is 255 Å². The van der Waals surface area contributed by atoms with Gasteiger partial charge in [-0.1, -0.05) is 93.8 Å². The number of carbonyl (C=O) groups excluding carboxylic acids is 16. The van der Waals surface area contributed by atoms with Crippen LogP contribution in [0.4, 0.5) is 0 Å². The fourth-order valence-corrected chi connectivity index (χ4v) is 18.4. The molecular weight excluding hydrogens is 1870 g/mol. The number of benzene rings is 2. The van der Waals surface area contributed by atoms with Crippen LogP contribution in [-0.2, 0) is 101 Å². The first-order chi connectivity index (χ1) is 65.8. The maximum Gasteiger partial charge on any atom is 0.305 e. The summed E-state index contributed by atoms with van der Waals surface area (Å²) in [5.41, 5.74) is 30.3. The molecule has 52 heteroatoms.